The summed E-state index contributed by atoms with van der Waals surface area (Å²) >= 11 is 0. The highest BCUT2D eigenvalue weighted by Gasteiger charge is 2.25. The Bertz CT molecular complexity index is 548. The first-order valence-corrected chi connectivity index (χ1v) is 7.43. The van der Waals surface area contributed by atoms with Gasteiger partial charge in [0.2, 0.25) is 5.89 Å². The maximum absolute atomic E-state index is 5.35. The van der Waals surface area contributed by atoms with E-state index in [0.29, 0.717) is 18.3 Å². The molecule has 0 bridgehead atoms. The molecule has 0 unspecified atom stereocenters. The molecule has 2 heterocycles. The molecule has 112 valence electrons. The second-order valence-electron chi connectivity index (χ2n) is 5.52. The number of ether oxygens (including phenoxy) is 1. The molecule has 1 aliphatic rings. The molecule has 21 heavy (non-hydrogen) atoms. The molecule has 0 N–H and O–H groups in total. The van der Waals surface area contributed by atoms with Crippen LogP contribution in [0.2, 0.25) is 0 Å². The maximum atomic E-state index is 5.35. The van der Waals surface area contributed by atoms with Gasteiger partial charge in [0.1, 0.15) is 6.61 Å². The van der Waals surface area contributed by atoms with Crippen LogP contribution in [0.3, 0.4) is 0 Å². The van der Waals surface area contributed by atoms with Crippen molar-refractivity contribution in [2.45, 2.75) is 31.9 Å². The van der Waals surface area contributed by atoms with Gasteiger partial charge in [-0.2, -0.15) is 4.98 Å². The molecule has 0 atom stereocenters. The van der Waals surface area contributed by atoms with Crippen molar-refractivity contribution < 1.29 is 9.26 Å². The van der Waals surface area contributed by atoms with E-state index in [2.05, 4.69) is 45.4 Å². The molecule has 3 rings (SSSR count). The molecule has 1 aromatic heterocycles. The number of hydrogen-bond donors (Lipinski definition) is 0. The van der Waals surface area contributed by atoms with Gasteiger partial charge in [0.25, 0.3) is 0 Å². The van der Waals surface area contributed by atoms with Gasteiger partial charge in [0, 0.05) is 19.6 Å². The lowest BCUT2D eigenvalue weighted by molar-refractivity contribution is 0.173. The molecule has 5 heteroatoms. The SMILES string of the molecule is COCc1noc(C2CCN(Cc3ccccc3)CC2)n1. The minimum absolute atomic E-state index is 0.384. The van der Waals surface area contributed by atoms with E-state index in [0.717, 1.165) is 38.4 Å². The van der Waals surface area contributed by atoms with E-state index in [9.17, 15) is 0 Å². The van der Waals surface area contributed by atoms with E-state index in [4.69, 9.17) is 9.26 Å². The molecular weight excluding hydrogens is 266 g/mol. The van der Waals surface area contributed by atoms with Crippen molar-refractivity contribution >= 4 is 0 Å². The van der Waals surface area contributed by atoms with Gasteiger partial charge in [-0.1, -0.05) is 35.5 Å². The lowest BCUT2D eigenvalue weighted by Gasteiger charge is -2.30. The Morgan fingerprint density at radius 2 is 2.00 bits per heavy atom. The smallest absolute Gasteiger partial charge is 0.229 e. The zero-order chi connectivity index (χ0) is 14.5. The first-order valence-electron chi connectivity index (χ1n) is 7.43. The number of piperidine rings is 1. The van der Waals surface area contributed by atoms with Crippen LogP contribution in [0, 0.1) is 0 Å². The second kappa shape index (κ2) is 6.83. The number of nitrogens with zero attached hydrogens (tertiary/aromatic N) is 3. The number of benzene rings is 1. The third kappa shape index (κ3) is 3.68. The standard InChI is InChI=1S/C16H21N3O2/c1-20-12-15-17-16(21-18-15)14-7-9-19(10-8-14)11-13-5-3-2-4-6-13/h2-6,14H,7-12H2,1H3. The number of rotatable bonds is 5. The molecule has 1 saturated heterocycles. The number of aromatic nitrogens is 2. The van der Waals surface area contributed by atoms with Crippen LogP contribution in [0.15, 0.2) is 34.9 Å². The molecule has 2 aromatic rings. The van der Waals surface area contributed by atoms with Crippen LogP contribution in [0.5, 0.6) is 0 Å². The Labute approximate surface area is 124 Å². The Balaban J connectivity index is 1.52. The summed E-state index contributed by atoms with van der Waals surface area (Å²) in [5, 5.41) is 3.94. The summed E-state index contributed by atoms with van der Waals surface area (Å²) in [6.45, 7) is 3.58. The molecule has 1 fully saturated rings. The van der Waals surface area contributed by atoms with Crippen molar-refractivity contribution in [3.63, 3.8) is 0 Å². The Kier molecular flexibility index (Phi) is 4.62. The van der Waals surface area contributed by atoms with Gasteiger partial charge in [-0.3, -0.25) is 4.90 Å². The fourth-order valence-electron chi connectivity index (χ4n) is 2.80. The number of hydrogen-bond acceptors (Lipinski definition) is 5. The quantitative estimate of drug-likeness (QED) is 0.846. The average Bonchev–Trinajstić information content (AvgIpc) is 2.98. The molecule has 0 amide bonds. The number of methoxy groups -OCH3 is 1. The third-order valence-corrected chi connectivity index (χ3v) is 3.94. The van der Waals surface area contributed by atoms with E-state index in [1.165, 1.54) is 5.56 Å². The minimum Gasteiger partial charge on any atom is -0.377 e. The van der Waals surface area contributed by atoms with Crippen molar-refractivity contribution in [2.24, 2.45) is 0 Å². The molecular formula is C16H21N3O2. The highest BCUT2D eigenvalue weighted by Crippen LogP contribution is 2.27. The van der Waals surface area contributed by atoms with Crippen molar-refractivity contribution in [3.8, 4) is 0 Å². The summed E-state index contributed by atoms with van der Waals surface area (Å²) in [7, 11) is 1.64. The van der Waals surface area contributed by atoms with E-state index in [-0.39, 0.29) is 0 Å². The summed E-state index contributed by atoms with van der Waals surface area (Å²) in [6, 6.07) is 10.6. The highest BCUT2D eigenvalue weighted by molar-refractivity contribution is 5.14. The van der Waals surface area contributed by atoms with Gasteiger partial charge in [-0.05, 0) is 31.5 Å². The Morgan fingerprint density at radius 3 is 2.71 bits per heavy atom. The van der Waals surface area contributed by atoms with Gasteiger partial charge in [0.15, 0.2) is 5.82 Å². The van der Waals surface area contributed by atoms with E-state index in [1.807, 2.05) is 0 Å². The topological polar surface area (TPSA) is 51.4 Å². The summed E-state index contributed by atoms with van der Waals surface area (Å²) in [6.07, 6.45) is 2.14. The maximum Gasteiger partial charge on any atom is 0.229 e. The van der Waals surface area contributed by atoms with Gasteiger partial charge in [-0.15, -0.1) is 0 Å². The zero-order valence-corrected chi connectivity index (χ0v) is 12.4. The van der Waals surface area contributed by atoms with Crippen LogP contribution < -0.4 is 0 Å². The summed E-state index contributed by atoms with van der Waals surface area (Å²) < 4.78 is 10.4. The van der Waals surface area contributed by atoms with Gasteiger partial charge < -0.3 is 9.26 Å². The second-order valence-corrected chi connectivity index (χ2v) is 5.52. The monoisotopic (exact) mass is 287 g/mol. The molecule has 5 nitrogen and oxygen atoms in total. The lowest BCUT2D eigenvalue weighted by Crippen LogP contribution is -2.32. The molecule has 1 aromatic carbocycles. The van der Waals surface area contributed by atoms with Gasteiger partial charge in [-0.25, -0.2) is 0 Å². The summed E-state index contributed by atoms with van der Waals surface area (Å²) in [5.41, 5.74) is 1.37. The predicted molar refractivity (Wildman–Crippen MR) is 78.7 cm³/mol. The van der Waals surface area contributed by atoms with Crippen LogP contribution in [0.4, 0.5) is 0 Å². The summed E-state index contributed by atoms with van der Waals surface area (Å²) in [4.78, 5) is 6.90. The first kappa shape index (κ1) is 14.2. The fraction of sp³-hybridized carbons (Fsp3) is 0.500. The van der Waals surface area contributed by atoms with Crippen LogP contribution >= 0.6 is 0 Å². The first-order chi connectivity index (χ1) is 10.3. The van der Waals surface area contributed by atoms with Crippen molar-refractivity contribution in [1.82, 2.24) is 15.0 Å². The van der Waals surface area contributed by atoms with E-state index < -0.39 is 0 Å². The average molecular weight is 287 g/mol. The normalized spacial score (nSPS) is 17.2. The minimum atomic E-state index is 0.384. The largest absolute Gasteiger partial charge is 0.377 e. The van der Waals surface area contributed by atoms with Gasteiger partial charge in [0.05, 0.1) is 0 Å². The molecule has 0 aliphatic carbocycles. The zero-order valence-electron chi connectivity index (χ0n) is 12.4. The van der Waals surface area contributed by atoms with E-state index in [1.54, 1.807) is 7.11 Å². The third-order valence-electron chi connectivity index (χ3n) is 3.94. The van der Waals surface area contributed by atoms with Crippen LogP contribution in [0.1, 0.15) is 36.0 Å². The van der Waals surface area contributed by atoms with E-state index >= 15 is 0 Å². The van der Waals surface area contributed by atoms with Crippen molar-refractivity contribution in [1.29, 1.82) is 0 Å². The highest BCUT2D eigenvalue weighted by atomic mass is 16.5. The number of likely N-dealkylation sites (tertiary alicyclic amines) is 1. The van der Waals surface area contributed by atoms with Crippen molar-refractivity contribution in [2.75, 3.05) is 20.2 Å². The molecule has 0 saturated carbocycles. The molecule has 0 radical (unpaired) electrons. The van der Waals surface area contributed by atoms with Crippen LogP contribution in [-0.4, -0.2) is 35.2 Å². The molecule has 0 spiro atoms. The lowest BCUT2D eigenvalue weighted by atomic mass is 9.96. The van der Waals surface area contributed by atoms with Crippen molar-refractivity contribution in [3.05, 3.63) is 47.6 Å². The predicted octanol–water partition coefficient (Wildman–Crippen LogP) is 2.60. The van der Waals surface area contributed by atoms with Crippen LogP contribution in [0.25, 0.3) is 0 Å². The van der Waals surface area contributed by atoms with Gasteiger partial charge >= 0.3 is 0 Å². The molecule has 1 aliphatic heterocycles. The fourth-order valence-corrected chi connectivity index (χ4v) is 2.80. The Morgan fingerprint density at radius 1 is 1.24 bits per heavy atom. The Hall–Kier alpha value is -1.72. The summed E-state index contributed by atoms with van der Waals surface area (Å²) in [5.74, 6) is 1.79. The van der Waals surface area contributed by atoms with Crippen LogP contribution in [-0.2, 0) is 17.9 Å².